The van der Waals surface area contributed by atoms with E-state index in [1.165, 1.54) is 0 Å². The van der Waals surface area contributed by atoms with Crippen LogP contribution in [0.15, 0.2) is 0 Å². The molecule has 2 N–H and O–H groups in total. The van der Waals surface area contributed by atoms with Gasteiger partial charge in [-0.15, -0.1) is 0 Å². The Morgan fingerprint density at radius 1 is 1.50 bits per heavy atom. The lowest BCUT2D eigenvalue weighted by Crippen LogP contribution is -2.25. The van der Waals surface area contributed by atoms with Gasteiger partial charge >= 0.3 is 0 Å². The highest BCUT2D eigenvalue weighted by atomic mass is 16.3. The summed E-state index contributed by atoms with van der Waals surface area (Å²) in [4.78, 5) is 0. The average molecular weight is 199 g/mol. The molecule has 0 aliphatic heterocycles. The second kappa shape index (κ2) is 4.36. The molecule has 0 saturated carbocycles. The number of tetrazole rings is 1. The molecule has 0 amide bonds. The first kappa shape index (κ1) is 10.9. The Morgan fingerprint density at radius 2 is 2.21 bits per heavy atom. The number of nitrogens with zero attached hydrogens (tertiary/aromatic N) is 4. The smallest absolute Gasteiger partial charge is 0.242 e. The van der Waals surface area contributed by atoms with Crippen molar-refractivity contribution in [2.24, 2.45) is 12.5 Å². The van der Waals surface area contributed by atoms with Crippen LogP contribution >= 0.6 is 0 Å². The van der Waals surface area contributed by atoms with Crippen molar-refractivity contribution < 1.29 is 5.11 Å². The highest BCUT2D eigenvalue weighted by Crippen LogP contribution is 2.19. The molecule has 0 fully saturated rings. The van der Waals surface area contributed by atoms with Gasteiger partial charge in [-0.3, -0.25) is 0 Å². The zero-order valence-corrected chi connectivity index (χ0v) is 8.86. The molecule has 0 unspecified atom stereocenters. The number of aliphatic hydroxyl groups excluding tert-OH is 1. The van der Waals surface area contributed by atoms with Gasteiger partial charge in [0.1, 0.15) is 0 Å². The van der Waals surface area contributed by atoms with Gasteiger partial charge in [-0.05, 0) is 22.3 Å². The maximum atomic E-state index is 8.84. The summed E-state index contributed by atoms with van der Waals surface area (Å²) in [5, 5.41) is 23.0. The quantitative estimate of drug-likeness (QED) is 0.699. The van der Waals surface area contributed by atoms with Gasteiger partial charge < -0.3 is 10.4 Å². The van der Waals surface area contributed by atoms with Crippen molar-refractivity contribution in [3.05, 3.63) is 0 Å². The second-order valence-electron chi connectivity index (χ2n) is 4.12. The summed E-state index contributed by atoms with van der Waals surface area (Å²) >= 11 is 0. The second-order valence-corrected chi connectivity index (χ2v) is 4.12. The zero-order chi connectivity index (χ0) is 10.6. The maximum Gasteiger partial charge on any atom is 0.242 e. The van der Waals surface area contributed by atoms with Crippen LogP contribution in [0.4, 0.5) is 5.95 Å². The van der Waals surface area contributed by atoms with E-state index in [0.29, 0.717) is 5.95 Å². The highest BCUT2D eigenvalue weighted by molar-refractivity contribution is 5.21. The molecule has 0 radical (unpaired) electrons. The van der Waals surface area contributed by atoms with E-state index < -0.39 is 0 Å². The van der Waals surface area contributed by atoms with Crippen molar-refractivity contribution in [2.75, 3.05) is 18.5 Å². The van der Waals surface area contributed by atoms with Crippen molar-refractivity contribution in [1.29, 1.82) is 0 Å². The summed E-state index contributed by atoms with van der Waals surface area (Å²) in [7, 11) is 1.78. The number of anilines is 1. The third-order valence-corrected chi connectivity index (χ3v) is 2.13. The molecule has 1 heterocycles. The van der Waals surface area contributed by atoms with E-state index in [4.69, 9.17) is 5.11 Å². The van der Waals surface area contributed by atoms with Gasteiger partial charge in [0, 0.05) is 20.2 Å². The third kappa shape index (κ3) is 2.95. The largest absolute Gasteiger partial charge is 0.396 e. The number of rotatable bonds is 5. The minimum atomic E-state index is 0.0424. The van der Waals surface area contributed by atoms with E-state index in [2.05, 4.69) is 34.7 Å². The van der Waals surface area contributed by atoms with Crippen LogP contribution in [0.25, 0.3) is 0 Å². The minimum Gasteiger partial charge on any atom is -0.396 e. The molecule has 0 aliphatic rings. The zero-order valence-electron chi connectivity index (χ0n) is 8.86. The Kier molecular flexibility index (Phi) is 3.40. The lowest BCUT2D eigenvalue weighted by Gasteiger charge is -2.23. The summed E-state index contributed by atoms with van der Waals surface area (Å²) in [6.07, 6.45) is 0.755. The van der Waals surface area contributed by atoms with Crippen LogP contribution in [0, 0.1) is 5.41 Å². The molecule has 6 nitrogen and oxygen atoms in total. The van der Waals surface area contributed by atoms with Crippen molar-refractivity contribution in [3.8, 4) is 0 Å². The van der Waals surface area contributed by atoms with Crippen LogP contribution in [0.2, 0.25) is 0 Å². The molecule has 1 rings (SSSR count). The molecule has 1 aromatic heterocycles. The van der Waals surface area contributed by atoms with Crippen LogP contribution in [0.3, 0.4) is 0 Å². The molecule has 14 heavy (non-hydrogen) atoms. The Bertz CT molecular complexity index is 283. The standard InChI is InChI=1S/C8H17N5O/c1-8(2,4-5-14)6-9-7-10-11-12-13(7)3/h14H,4-6H2,1-3H3,(H,9,10,12). The molecule has 0 aromatic carbocycles. The van der Waals surface area contributed by atoms with E-state index in [9.17, 15) is 0 Å². The number of aliphatic hydroxyl groups is 1. The lowest BCUT2D eigenvalue weighted by molar-refractivity contribution is 0.220. The lowest BCUT2D eigenvalue weighted by atomic mass is 9.90. The average Bonchev–Trinajstić information content (AvgIpc) is 2.48. The maximum absolute atomic E-state index is 8.84. The van der Waals surface area contributed by atoms with Gasteiger partial charge in [0.2, 0.25) is 5.95 Å². The van der Waals surface area contributed by atoms with Crippen LogP contribution < -0.4 is 5.32 Å². The number of hydrogen-bond acceptors (Lipinski definition) is 5. The number of hydrogen-bond donors (Lipinski definition) is 2. The van der Waals surface area contributed by atoms with E-state index >= 15 is 0 Å². The molecule has 1 aromatic rings. The van der Waals surface area contributed by atoms with Gasteiger partial charge in [0.15, 0.2) is 0 Å². The van der Waals surface area contributed by atoms with Gasteiger partial charge in [0.25, 0.3) is 0 Å². The van der Waals surface area contributed by atoms with Gasteiger partial charge in [-0.2, -0.15) is 0 Å². The molecular formula is C8H17N5O. The van der Waals surface area contributed by atoms with Gasteiger partial charge in [-0.25, -0.2) is 4.68 Å². The van der Waals surface area contributed by atoms with E-state index in [0.717, 1.165) is 13.0 Å². The van der Waals surface area contributed by atoms with Crippen LogP contribution in [-0.4, -0.2) is 38.5 Å². The summed E-state index contributed by atoms with van der Waals surface area (Å²) in [6.45, 7) is 5.10. The van der Waals surface area contributed by atoms with Gasteiger partial charge in [-0.1, -0.05) is 18.9 Å². The minimum absolute atomic E-state index is 0.0424. The topological polar surface area (TPSA) is 75.9 Å². The molecule has 0 aliphatic carbocycles. The molecule has 0 atom stereocenters. The first-order chi connectivity index (χ1) is 6.55. The van der Waals surface area contributed by atoms with Crippen molar-refractivity contribution in [1.82, 2.24) is 20.2 Å². The summed E-state index contributed by atoms with van der Waals surface area (Å²) in [5.74, 6) is 0.649. The van der Waals surface area contributed by atoms with Crippen molar-refractivity contribution in [2.45, 2.75) is 20.3 Å². The van der Waals surface area contributed by atoms with Crippen molar-refractivity contribution in [3.63, 3.8) is 0 Å². The van der Waals surface area contributed by atoms with Crippen LogP contribution in [0.5, 0.6) is 0 Å². The third-order valence-electron chi connectivity index (χ3n) is 2.13. The number of aromatic nitrogens is 4. The van der Waals surface area contributed by atoms with Crippen LogP contribution in [0.1, 0.15) is 20.3 Å². The molecule has 80 valence electrons. The fourth-order valence-corrected chi connectivity index (χ4v) is 1.09. The summed E-state index contributed by atoms with van der Waals surface area (Å²) < 4.78 is 1.58. The Balaban J connectivity index is 2.44. The molecule has 0 saturated heterocycles. The summed E-state index contributed by atoms with van der Waals surface area (Å²) in [5.41, 5.74) is 0.0424. The van der Waals surface area contributed by atoms with Crippen LogP contribution in [-0.2, 0) is 7.05 Å². The number of nitrogens with one attached hydrogen (secondary N) is 1. The monoisotopic (exact) mass is 199 g/mol. The Hall–Kier alpha value is -1.17. The normalized spacial score (nSPS) is 11.7. The van der Waals surface area contributed by atoms with E-state index in [-0.39, 0.29) is 12.0 Å². The van der Waals surface area contributed by atoms with Crippen molar-refractivity contribution >= 4 is 5.95 Å². The predicted molar refractivity (Wildman–Crippen MR) is 52.8 cm³/mol. The fraction of sp³-hybridized carbons (Fsp3) is 0.875. The van der Waals surface area contributed by atoms with E-state index in [1.54, 1.807) is 11.7 Å². The highest BCUT2D eigenvalue weighted by Gasteiger charge is 2.17. The molecular weight excluding hydrogens is 182 g/mol. The fourth-order valence-electron chi connectivity index (χ4n) is 1.09. The molecule has 6 heteroatoms. The molecule has 0 spiro atoms. The first-order valence-corrected chi connectivity index (χ1v) is 4.62. The SMILES string of the molecule is Cn1nnnc1NCC(C)(C)CCO. The Labute approximate surface area is 83.3 Å². The van der Waals surface area contributed by atoms with E-state index in [1.807, 2.05) is 0 Å². The summed E-state index contributed by atoms with van der Waals surface area (Å²) in [6, 6.07) is 0. The van der Waals surface area contributed by atoms with Gasteiger partial charge in [0.05, 0.1) is 0 Å². The first-order valence-electron chi connectivity index (χ1n) is 4.62. The number of aryl methyl sites for hydroxylation is 1. The predicted octanol–water partition coefficient (Wildman–Crippen LogP) is 0.0306. The molecule has 0 bridgehead atoms. The Morgan fingerprint density at radius 3 is 2.71 bits per heavy atom.